The van der Waals surface area contributed by atoms with Crippen LogP contribution in [0.1, 0.15) is 34.1 Å². The number of carbonyl (C=O) groups excluding carboxylic acids is 2. The Morgan fingerprint density at radius 1 is 1.10 bits per heavy atom. The van der Waals surface area contributed by atoms with Gasteiger partial charge >= 0.3 is 11.8 Å². The normalized spacial score (nSPS) is 11.8. The van der Waals surface area contributed by atoms with E-state index < -0.39 is 11.8 Å². The largest absolute Gasteiger partial charge is 0.491 e. The molecule has 1 unspecified atom stereocenters. The molecule has 0 aromatic heterocycles. The molecule has 0 bridgehead atoms. The first kappa shape index (κ1) is 16.0. The fourth-order valence-corrected chi connectivity index (χ4v) is 1.47. The van der Waals surface area contributed by atoms with E-state index in [-0.39, 0.29) is 12.1 Å². The third-order valence-corrected chi connectivity index (χ3v) is 2.68. The summed E-state index contributed by atoms with van der Waals surface area (Å²) in [7, 11) is 0. The van der Waals surface area contributed by atoms with Crippen LogP contribution < -0.4 is 15.4 Å². The van der Waals surface area contributed by atoms with Crippen LogP contribution in [0, 0.1) is 0 Å². The molecule has 5 nitrogen and oxygen atoms in total. The second-order valence-electron chi connectivity index (χ2n) is 4.93. The van der Waals surface area contributed by atoms with Crippen molar-refractivity contribution in [2.75, 3.05) is 5.32 Å². The summed E-state index contributed by atoms with van der Waals surface area (Å²) >= 11 is 0. The zero-order valence-corrected chi connectivity index (χ0v) is 12.4. The average molecular weight is 278 g/mol. The summed E-state index contributed by atoms with van der Waals surface area (Å²) in [5, 5.41) is 5.16. The molecule has 0 aliphatic carbocycles. The Balaban J connectivity index is 2.55. The third-order valence-electron chi connectivity index (χ3n) is 2.68. The van der Waals surface area contributed by atoms with E-state index in [2.05, 4.69) is 10.6 Å². The van der Waals surface area contributed by atoms with Crippen LogP contribution >= 0.6 is 0 Å². The first-order valence-corrected chi connectivity index (χ1v) is 6.81. The number of ether oxygens (including phenoxy) is 1. The van der Waals surface area contributed by atoms with Crippen molar-refractivity contribution in [1.82, 2.24) is 5.32 Å². The Morgan fingerprint density at radius 2 is 1.70 bits per heavy atom. The lowest BCUT2D eigenvalue weighted by Gasteiger charge is -2.12. The van der Waals surface area contributed by atoms with Crippen molar-refractivity contribution in [3.05, 3.63) is 24.3 Å². The molecular weight excluding hydrogens is 256 g/mol. The van der Waals surface area contributed by atoms with Gasteiger partial charge in [0.25, 0.3) is 0 Å². The van der Waals surface area contributed by atoms with E-state index in [0.717, 1.165) is 12.2 Å². The summed E-state index contributed by atoms with van der Waals surface area (Å²) in [5.41, 5.74) is 0.561. The van der Waals surface area contributed by atoms with Gasteiger partial charge in [-0.05, 0) is 51.5 Å². The molecule has 0 fully saturated rings. The molecule has 1 atom stereocenters. The number of anilines is 1. The van der Waals surface area contributed by atoms with Crippen molar-refractivity contribution in [3.63, 3.8) is 0 Å². The van der Waals surface area contributed by atoms with Gasteiger partial charge in [-0.15, -0.1) is 0 Å². The van der Waals surface area contributed by atoms with E-state index in [0.29, 0.717) is 5.69 Å². The highest BCUT2D eigenvalue weighted by Crippen LogP contribution is 2.16. The van der Waals surface area contributed by atoms with Gasteiger partial charge in [-0.1, -0.05) is 6.92 Å². The van der Waals surface area contributed by atoms with Crippen molar-refractivity contribution in [2.24, 2.45) is 0 Å². The molecule has 1 aromatic rings. The summed E-state index contributed by atoms with van der Waals surface area (Å²) in [6.07, 6.45) is 0.872. The molecular formula is C15H22N2O3. The number of hydrogen-bond donors (Lipinski definition) is 2. The quantitative estimate of drug-likeness (QED) is 0.812. The van der Waals surface area contributed by atoms with Gasteiger partial charge in [0.2, 0.25) is 0 Å². The Bertz CT molecular complexity index is 455. The molecule has 0 heterocycles. The summed E-state index contributed by atoms with van der Waals surface area (Å²) < 4.78 is 5.50. The summed E-state index contributed by atoms with van der Waals surface area (Å²) in [4.78, 5) is 23.3. The van der Waals surface area contributed by atoms with Gasteiger partial charge in [0.05, 0.1) is 6.10 Å². The van der Waals surface area contributed by atoms with Gasteiger partial charge in [0.1, 0.15) is 5.75 Å². The summed E-state index contributed by atoms with van der Waals surface area (Å²) in [6, 6.07) is 6.89. The first-order valence-electron chi connectivity index (χ1n) is 6.81. The maximum atomic E-state index is 11.7. The molecule has 0 saturated heterocycles. The Hall–Kier alpha value is -2.04. The minimum atomic E-state index is -0.664. The SMILES string of the molecule is CCC(C)NC(=O)C(=O)Nc1ccc(OC(C)C)cc1. The minimum absolute atomic E-state index is 0.0185. The number of nitrogens with one attached hydrogen (secondary N) is 2. The molecule has 0 spiro atoms. The second kappa shape index (κ2) is 7.53. The van der Waals surface area contributed by atoms with E-state index >= 15 is 0 Å². The predicted octanol–water partition coefficient (Wildman–Crippen LogP) is 2.33. The highest BCUT2D eigenvalue weighted by molar-refractivity contribution is 6.39. The van der Waals surface area contributed by atoms with Crippen molar-refractivity contribution in [2.45, 2.75) is 46.3 Å². The molecule has 110 valence electrons. The molecule has 2 N–H and O–H groups in total. The van der Waals surface area contributed by atoms with Crippen molar-refractivity contribution in [3.8, 4) is 5.75 Å². The Labute approximate surface area is 119 Å². The number of carbonyl (C=O) groups is 2. The minimum Gasteiger partial charge on any atom is -0.491 e. The van der Waals surface area contributed by atoms with Crippen molar-refractivity contribution in [1.29, 1.82) is 0 Å². The van der Waals surface area contributed by atoms with Crippen molar-refractivity contribution < 1.29 is 14.3 Å². The lowest BCUT2D eigenvalue weighted by molar-refractivity contribution is -0.136. The standard InChI is InChI=1S/C15H22N2O3/c1-5-11(4)16-14(18)15(19)17-12-6-8-13(9-7-12)20-10(2)3/h6-11H,5H2,1-4H3,(H,16,18)(H,17,19). The Kier molecular flexibility index (Phi) is 6.03. The molecule has 5 heteroatoms. The fraction of sp³-hybridized carbons (Fsp3) is 0.467. The average Bonchev–Trinajstić information content (AvgIpc) is 2.40. The van der Waals surface area contributed by atoms with Crippen LogP contribution in [0.5, 0.6) is 5.75 Å². The van der Waals surface area contributed by atoms with Crippen LogP contribution in [-0.4, -0.2) is 24.0 Å². The van der Waals surface area contributed by atoms with E-state index in [1.165, 1.54) is 0 Å². The molecule has 2 amide bonds. The topological polar surface area (TPSA) is 67.4 Å². The van der Waals surface area contributed by atoms with Gasteiger partial charge in [-0.3, -0.25) is 9.59 Å². The van der Waals surface area contributed by atoms with E-state index in [9.17, 15) is 9.59 Å². The molecule has 0 saturated carbocycles. The maximum Gasteiger partial charge on any atom is 0.313 e. The van der Waals surface area contributed by atoms with Crippen LogP contribution in [0.25, 0.3) is 0 Å². The lowest BCUT2D eigenvalue weighted by atomic mass is 10.2. The molecule has 0 radical (unpaired) electrons. The first-order chi connectivity index (χ1) is 9.42. The summed E-state index contributed by atoms with van der Waals surface area (Å²) in [6.45, 7) is 7.67. The third kappa shape index (κ3) is 5.30. The fourth-order valence-electron chi connectivity index (χ4n) is 1.47. The highest BCUT2D eigenvalue weighted by atomic mass is 16.5. The molecule has 1 rings (SSSR count). The van der Waals surface area contributed by atoms with Crippen LogP contribution in [-0.2, 0) is 9.59 Å². The molecule has 20 heavy (non-hydrogen) atoms. The molecule has 0 aliphatic rings. The zero-order valence-electron chi connectivity index (χ0n) is 12.4. The van der Waals surface area contributed by atoms with E-state index in [1.54, 1.807) is 24.3 Å². The van der Waals surface area contributed by atoms with Gasteiger partial charge in [-0.25, -0.2) is 0 Å². The second-order valence-corrected chi connectivity index (χ2v) is 4.93. The van der Waals surface area contributed by atoms with Gasteiger partial charge in [0.15, 0.2) is 0 Å². The number of rotatable bonds is 5. The number of hydrogen-bond acceptors (Lipinski definition) is 3. The highest BCUT2D eigenvalue weighted by Gasteiger charge is 2.15. The summed E-state index contributed by atoms with van der Waals surface area (Å²) in [5.74, 6) is -0.563. The van der Waals surface area contributed by atoms with Crippen LogP contribution in [0.15, 0.2) is 24.3 Å². The van der Waals surface area contributed by atoms with Gasteiger partial charge in [-0.2, -0.15) is 0 Å². The predicted molar refractivity (Wildman–Crippen MR) is 78.7 cm³/mol. The monoisotopic (exact) mass is 278 g/mol. The van der Waals surface area contributed by atoms with Crippen LogP contribution in [0.4, 0.5) is 5.69 Å². The smallest absolute Gasteiger partial charge is 0.313 e. The number of amides is 2. The molecule has 0 aliphatic heterocycles. The molecule has 1 aromatic carbocycles. The van der Waals surface area contributed by atoms with Crippen LogP contribution in [0.2, 0.25) is 0 Å². The van der Waals surface area contributed by atoms with E-state index in [1.807, 2.05) is 27.7 Å². The van der Waals surface area contributed by atoms with E-state index in [4.69, 9.17) is 4.74 Å². The van der Waals surface area contributed by atoms with Gasteiger partial charge in [0, 0.05) is 11.7 Å². The number of benzene rings is 1. The zero-order chi connectivity index (χ0) is 15.1. The maximum absolute atomic E-state index is 11.7. The van der Waals surface area contributed by atoms with Gasteiger partial charge < -0.3 is 15.4 Å². The van der Waals surface area contributed by atoms with Crippen molar-refractivity contribution >= 4 is 17.5 Å². The van der Waals surface area contributed by atoms with Crippen LogP contribution in [0.3, 0.4) is 0 Å². The Morgan fingerprint density at radius 3 is 2.20 bits per heavy atom. The lowest BCUT2D eigenvalue weighted by Crippen LogP contribution is -2.40.